The summed E-state index contributed by atoms with van der Waals surface area (Å²) in [6, 6.07) is 6.63. The summed E-state index contributed by atoms with van der Waals surface area (Å²) in [6.45, 7) is 8.32. The van der Waals surface area contributed by atoms with Crippen molar-refractivity contribution in [1.82, 2.24) is 10.6 Å². The van der Waals surface area contributed by atoms with Crippen LogP contribution < -0.4 is 10.6 Å². The Morgan fingerprint density at radius 1 is 1.16 bits per heavy atom. The molecule has 0 radical (unpaired) electrons. The average molecular weight is 375 g/mol. The van der Waals surface area contributed by atoms with E-state index in [1.807, 2.05) is 7.05 Å². The minimum absolute atomic E-state index is 0. The van der Waals surface area contributed by atoms with E-state index in [1.54, 1.807) is 0 Å². The zero-order valence-electron chi connectivity index (χ0n) is 12.4. The summed E-state index contributed by atoms with van der Waals surface area (Å²) in [4.78, 5) is 4.19. The zero-order chi connectivity index (χ0) is 13.4. The van der Waals surface area contributed by atoms with Crippen molar-refractivity contribution in [2.75, 3.05) is 20.1 Å². The Morgan fingerprint density at radius 2 is 1.84 bits per heavy atom. The van der Waals surface area contributed by atoms with Gasteiger partial charge in [0.15, 0.2) is 5.96 Å². The first kappa shape index (κ1) is 18.2. The summed E-state index contributed by atoms with van der Waals surface area (Å²) >= 11 is 0. The van der Waals surface area contributed by atoms with Crippen molar-refractivity contribution in [2.45, 2.75) is 33.6 Å². The molecule has 3 nitrogen and oxygen atoms in total. The van der Waals surface area contributed by atoms with Crippen LogP contribution in [0.5, 0.6) is 0 Å². The summed E-state index contributed by atoms with van der Waals surface area (Å²) in [7, 11) is 1.81. The van der Waals surface area contributed by atoms with Gasteiger partial charge >= 0.3 is 0 Å². The molecule has 1 rings (SSSR count). The first-order valence-corrected chi connectivity index (χ1v) is 6.68. The molecule has 2 N–H and O–H groups in total. The van der Waals surface area contributed by atoms with Crippen molar-refractivity contribution < 1.29 is 0 Å². The fourth-order valence-corrected chi connectivity index (χ4v) is 1.91. The van der Waals surface area contributed by atoms with Gasteiger partial charge in [-0.1, -0.05) is 30.7 Å². The van der Waals surface area contributed by atoms with E-state index in [2.05, 4.69) is 54.6 Å². The average Bonchev–Trinajstić information content (AvgIpc) is 2.36. The van der Waals surface area contributed by atoms with Crippen LogP contribution in [0.25, 0.3) is 0 Å². The maximum atomic E-state index is 4.19. The molecule has 0 saturated heterocycles. The van der Waals surface area contributed by atoms with Gasteiger partial charge in [0.05, 0.1) is 0 Å². The molecular formula is C15H26IN3. The Balaban J connectivity index is 0.00000324. The Bertz CT molecular complexity index is 402. The maximum Gasteiger partial charge on any atom is 0.190 e. The molecular weight excluding hydrogens is 349 g/mol. The SMILES string of the molecule is CCCNC(=NC)NCCc1ccc(C)cc1C.I. The lowest BCUT2D eigenvalue weighted by atomic mass is 10.0. The van der Waals surface area contributed by atoms with Crippen molar-refractivity contribution in [3.8, 4) is 0 Å². The fourth-order valence-electron chi connectivity index (χ4n) is 1.91. The van der Waals surface area contributed by atoms with Crippen LogP contribution in [0.15, 0.2) is 23.2 Å². The Morgan fingerprint density at radius 3 is 2.42 bits per heavy atom. The third-order valence-corrected chi connectivity index (χ3v) is 2.95. The minimum atomic E-state index is 0. The number of nitrogens with zero attached hydrogens (tertiary/aromatic N) is 1. The number of aryl methyl sites for hydroxylation is 2. The van der Waals surface area contributed by atoms with Gasteiger partial charge in [0.1, 0.15) is 0 Å². The number of benzene rings is 1. The van der Waals surface area contributed by atoms with E-state index >= 15 is 0 Å². The molecule has 0 aromatic heterocycles. The summed E-state index contributed by atoms with van der Waals surface area (Å²) in [5, 5.41) is 6.60. The van der Waals surface area contributed by atoms with E-state index in [4.69, 9.17) is 0 Å². The molecule has 0 heterocycles. The number of hydrogen-bond acceptors (Lipinski definition) is 1. The van der Waals surface area contributed by atoms with Crippen LogP contribution in [0.3, 0.4) is 0 Å². The van der Waals surface area contributed by atoms with Crippen molar-refractivity contribution in [1.29, 1.82) is 0 Å². The smallest absolute Gasteiger partial charge is 0.190 e. The van der Waals surface area contributed by atoms with Gasteiger partial charge in [-0.15, -0.1) is 24.0 Å². The molecule has 0 amide bonds. The normalized spacial score (nSPS) is 10.8. The second kappa shape index (κ2) is 10.1. The number of aliphatic imine (C=N–C) groups is 1. The molecule has 0 atom stereocenters. The van der Waals surface area contributed by atoms with Gasteiger partial charge in [0.25, 0.3) is 0 Å². The second-order valence-electron chi connectivity index (χ2n) is 4.61. The molecule has 19 heavy (non-hydrogen) atoms. The Kier molecular flexibility index (Phi) is 9.65. The number of nitrogens with one attached hydrogen (secondary N) is 2. The minimum Gasteiger partial charge on any atom is -0.356 e. The van der Waals surface area contributed by atoms with Gasteiger partial charge in [-0.2, -0.15) is 0 Å². The lowest BCUT2D eigenvalue weighted by molar-refractivity contribution is 0.772. The zero-order valence-corrected chi connectivity index (χ0v) is 14.7. The van der Waals surface area contributed by atoms with Gasteiger partial charge in [0, 0.05) is 20.1 Å². The van der Waals surface area contributed by atoms with Gasteiger partial charge in [-0.05, 0) is 37.8 Å². The maximum absolute atomic E-state index is 4.19. The highest BCUT2D eigenvalue weighted by Crippen LogP contribution is 2.10. The molecule has 0 aliphatic carbocycles. The highest BCUT2D eigenvalue weighted by Gasteiger charge is 2.00. The van der Waals surface area contributed by atoms with Crippen molar-refractivity contribution >= 4 is 29.9 Å². The molecule has 0 saturated carbocycles. The molecule has 0 aliphatic rings. The molecule has 0 aliphatic heterocycles. The van der Waals surface area contributed by atoms with Crippen LogP contribution in [-0.2, 0) is 6.42 Å². The molecule has 0 spiro atoms. The van der Waals surface area contributed by atoms with Gasteiger partial charge in [-0.3, -0.25) is 4.99 Å². The van der Waals surface area contributed by atoms with E-state index < -0.39 is 0 Å². The third kappa shape index (κ3) is 6.80. The Labute approximate surface area is 134 Å². The summed E-state index contributed by atoms with van der Waals surface area (Å²) in [5.74, 6) is 0.890. The first-order valence-electron chi connectivity index (χ1n) is 6.68. The van der Waals surface area contributed by atoms with Crippen LogP contribution in [0.1, 0.15) is 30.0 Å². The van der Waals surface area contributed by atoms with Crippen LogP contribution in [0, 0.1) is 13.8 Å². The summed E-state index contributed by atoms with van der Waals surface area (Å²) in [6.07, 6.45) is 2.14. The van der Waals surface area contributed by atoms with E-state index in [9.17, 15) is 0 Å². The molecule has 1 aromatic rings. The number of guanidine groups is 1. The highest BCUT2D eigenvalue weighted by atomic mass is 127. The summed E-state index contributed by atoms with van der Waals surface area (Å²) < 4.78 is 0. The van der Waals surface area contributed by atoms with Gasteiger partial charge in [-0.25, -0.2) is 0 Å². The highest BCUT2D eigenvalue weighted by molar-refractivity contribution is 14.0. The van der Waals surface area contributed by atoms with E-state index in [-0.39, 0.29) is 24.0 Å². The third-order valence-electron chi connectivity index (χ3n) is 2.95. The lowest BCUT2D eigenvalue weighted by Crippen LogP contribution is -2.38. The monoisotopic (exact) mass is 375 g/mol. The summed E-state index contributed by atoms with van der Waals surface area (Å²) in [5.41, 5.74) is 4.09. The van der Waals surface area contributed by atoms with Gasteiger partial charge < -0.3 is 10.6 Å². The molecule has 0 bridgehead atoms. The van der Waals surface area contributed by atoms with Crippen molar-refractivity contribution in [3.63, 3.8) is 0 Å². The van der Waals surface area contributed by atoms with E-state index in [0.29, 0.717) is 0 Å². The quantitative estimate of drug-likeness (QED) is 0.472. The standard InChI is InChI=1S/C15H25N3.HI/c1-5-9-17-15(16-4)18-10-8-14-7-6-12(2)11-13(14)3;/h6-7,11H,5,8-10H2,1-4H3,(H2,16,17,18);1H. The van der Waals surface area contributed by atoms with E-state index in [1.165, 1.54) is 16.7 Å². The second-order valence-corrected chi connectivity index (χ2v) is 4.61. The molecule has 0 fully saturated rings. The fraction of sp³-hybridized carbons (Fsp3) is 0.533. The van der Waals surface area contributed by atoms with Crippen molar-refractivity contribution in [2.24, 2.45) is 4.99 Å². The van der Waals surface area contributed by atoms with Crippen LogP contribution >= 0.6 is 24.0 Å². The van der Waals surface area contributed by atoms with Crippen molar-refractivity contribution in [3.05, 3.63) is 34.9 Å². The number of hydrogen-bond donors (Lipinski definition) is 2. The van der Waals surface area contributed by atoms with Crippen LogP contribution in [0.2, 0.25) is 0 Å². The van der Waals surface area contributed by atoms with Crippen LogP contribution in [0.4, 0.5) is 0 Å². The largest absolute Gasteiger partial charge is 0.356 e. The van der Waals surface area contributed by atoms with Crippen LogP contribution in [-0.4, -0.2) is 26.1 Å². The predicted molar refractivity (Wildman–Crippen MR) is 94.7 cm³/mol. The van der Waals surface area contributed by atoms with E-state index in [0.717, 1.165) is 31.9 Å². The topological polar surface area (TPSA) is 36.4 Å². The predicted octanol–water partition coefficient (Wildman–Crippen LogP) is 3.04. The lowest BCUT2D eigenvalue weighted by Gasteiger charge is -2.12. The number of halogens is 1. The number of rotatable bonds is 5. The van der Waals surface area contributed by atoms with Gasteiger partial charge in [0.2, 0.25) is 0 Å². The Hall–Kier alpha value is -0.780. The molecule has 1 aromatic carbocycles. The molecule has 4 heteroatoms. The molecule has 0 unspecified atom stereocenters. The first-order chi connectivity index (χ1) is 8.67. The molecule has 108 valence electrons.